The maximum absolute atomic E-state index is 5.14. The van der Waals surface area contributed by atoms with Crippen LogP contribution in [0.2, 0.25) is 0 Å². The van der Waals surface area contributed by atoms with E-state index in [1.165, 1.54) is 32.1 Å². The normalized spacial score (nSPS) is 21.5. The number of rotatable bonds is 5. The van der Waals surface area contributed by atoms with Crippen molar-refractivity contribution in [3.8, 4) is 0 Å². The van der Waals surface area contributed by atoms with Crippen LogP contribution in [-0.4, -0.2) is 25.8 Å². The van der Waals surface area contributed by atoms with Gasteiger partial charge in [-0.1, -0.05) is 19.8 Å². The summed E-state index contributed by atoms with van der Waals surface area (Å²) in [5.74, 6) is 0. The molecule has 0 heterocycles. The van der Waals surface area contributed by atoms with Crippen LogP contribution in [0.3, 0.4) is 0 Å². The van der Waals surface area contributed by atoms with Gasteiger partial charge in [0.05, 0.1) is 6.61 Å². The molecule has 1 aliphatic rings. The summed E-state index contributed by atoms with van der Waals surface area (Å²) in [6.07, 6.45) is 6.70. The van der Waals surface area contributed by atoms with Gasteiger partial charge in [-0.3, -0.25) is 0 Å². The SMILES string of the molecule is CCC(COC)NC1CCCC1. The van der Waals surface area contributed by atoms with E-state index in [2.05, 4.69) is 12.2 Å². The highest BCUT2D eigenvalue weighted by atomic mass is 16.5. The minimum atomic E-state index is 0.568. The lowest BCUT2D eigenvalue weighted by Gasteiger charge is -2.20. The molecule has 2 heteroatoms. The Bertz CT molecular complexity index is 110. The summed E-state index contributed by atoms with van der Waals surface area (Å²) in [5, 5.41) is 3.64. The molecule has 0 aromatic heterocycles. The van der Waals surface area contributed by atoms with Gasteiger partial charge in [0.1, 0.15) is 0 Å². The molecule has 0 aromatic rings. The largest absolute Gasteiger partial charge is 0.383 e. The maximum Gasteiger partial charge on any atom is 0.0615 e. The van der Waals surface area contributed by atoms with Crippen molar-refractivity contribution < 1.29 is 4.74 Å². The molecule has 1 rings (SSSR count). The highest BCUT2D eigenvalue weighted by molar-refractivity contribution is 4.77. The number of hydrogen-bond acceptors (Lipinski definition) is 2. The zero-order valence-electron chi connectivity index (χ0n) is 8.31. The summed E-state index contributed by atoms with van der Waals surface area (Å²) in [6.45, 7) is 3.07. The Kier molecular flexibility index (Phi) is 4.62. The molecule has 0 aromatic carbocycles. The first-order valence-electron chi connectivity index (χ1n) is 5.11. The van der Waals surface area contributed by atoms with Gasteiger partial charge in [-0.2, -0.15) is 0 Å². The molecule has 1 aliphatic carbocycles. The second kappa shape index (κ2) is 5.55. The third-order valence-corrected chi connectivity index (χ3v) is 2.69. The van der Waals surface area contributed by atoms with Crippen LogP contribution in [0.1, 0.15) is 39.0 Å². The number of hydrogen-bond donors (Lipinski definition) is 1. The van der Waals surface area contributed by atoms with E-state index < -0.39 is 0 Å². The Morgan fingerprint density at radius 1 is 1.42 bits per heavy atom. The molecule has 0 bridgehead atoms. The smallest absolute Gasteiger partial charge is 0.0615 e. The first-order chi connectivity index (χ1) is 5.86. The van der Waals surface area contributed by atoms with Crippen LogP contribution in [0.25, 0.3) is 0 Å². The average Bonchev–Trinajstić information content (AvgIpc) is 2.56. The fourth-order valence-electron chi connectivity index (χ4n) is 1.91. The van der Waals surface area contributed by atoms with Crippen LogP contribution in [0, 0.1) is 0 Å². The monoisotopic (exact) mass is 171 g/mol. The van der Waals surface area contributed by atoms with Crippen molar-refractivity contribution >= 4 is 0 Å². The Morgan fingerprint density at radius 2 is 2.08 bits per heavy atom. The Balaban J connectivity index is 2.16. The predicted octanol–water partition coefficient (Wildman–Crippen LogP) is 1.94. The molecule has 1 unspecified atom stereocenters. The van der Waals surface area contributed by atoms with E-state index in [1.807, 2.05) is 0 Å². The van der Waals surface area contributed by atoms with Crippen LogP contribution in [0.4, 0.5) is 0 Å². The van der Waals surface area contributed by atoms with Crippen molar-refractivity contribution in [2.45, 2.75) is 51.1 Å². The van der Waals surface area contributed by atoms with E-state index in [4.69, 9.17) is 4.74 Å². The fourth-order valence-corrected chi connectivity index (χ4v) is 1.91. The highest BCUT2D eigenvalue weighted by Crippen LogP contribution is 2.18. The second-order valence-electron chi connectivity index (χ2n) is 3.71. The molecule has 0 radical (unpaired) electrons. The third kappa shape index (κ3) is 3.11. The first-order valence-corrected chi connectivity index (χ1v) is 5.11. The summed E-state index contributed by atoms with van der Waals surface area (Å²) in [4.78, 5) is 0. The first kappa shape index (κ1) is 10.0. The minimum absolute atomic E-state index is 0.568. The molecule has 12 heavy (non-hydrogen) atoms. The van der Waals surface area contributed by atoms with Crippen molar-refractivity contribution in [3.63, 3.8) is 0 Å². The minimum Gasteiger partial charge on any atom is -0.383 e. The van der Waals surface area contributed by atoms with Crippen LogP contribution in [0.5, 0.6) is 0 Å². The zero-order chi connectivity index (χ0) is 8.81. The fraction of sp³-hybridized carbons (Fsp3) is 1.00. The van der Waals surface area contributed by atoms with Crippen LogP contribution in [-0.2, 0) is 4.74 Å². The molecule has 1 N–H and O–H groups in total. The summed E-state index contributed by atoms with van der Waals surface area (Å²) in [5.41, 5.74) is 0. The van der Waals surface area contributed by atoms with Gasteiger partial charge in [0.2, 0.25) is 0 Å². The van der Waals surface area contributed by atoms with E-state index in [0.717, 1.165) is 12.6 Å². The standard InChI is InChI=1S/C10H21NO/c1-3-9(8-12-2)11-10-6-4-5-7-10/h9-11H,3-8H2,1-2H3. The number of ether oxygens (including phenoxy) is 1. The summed E-state index contributed by atoms with van der Waals surface area (Å²) in [7, 11) is 1.78. The molecule has 0 spiro atoms. The van der Waals surface area contributed by atoms with Gasteiger partial charge in [0, 0.05) is 19.2 Å². The number of methoxy groups -OCH3 is 1. The lowest BCUT2D eigenvalue weighted by Crippen LogP contribution is -2.39. The predicted molar refractivity (Wildman–Crippen MR) is 51.3 cm³/mol. The van der Waals surface area contributed by atoms with Crippen molar-refractivity contribution in [2.75, 3.05) is 13.7 Å². The topological polar surface area (TPSA) is 21.3 Å². The molecule has 0 aliphatic heterocycles. The van der Waals surface area contributed by atoms with E-state index in [1.54, 1.807) is 7.11 Å². The third-order valence-electron chi connectivity index (χ3n) is 2.69. The zero-order valence-corrected chi connectivity index (χ0v) is 8.31. The van der Waals surface area contributed by atoms with Gasteiger partial charge in [-0.15, -0.1) is 0 Å². The maximum atomic E-state index is 5.14. The van der Waals surface area contributed by atoms with Crippen molar-refractivity contribution in [2.24, 2.45) is 0 Å². The van der Waals surface area contributed by atoms with Gasteiger partial charge in [-0.25, -0.2) is 0 Å². The van der Waals surface area contributed by atoms with Crippen LogP contribution in [0.15, 0.2) is 0 Å². The van der Waals surface area contributed by atoms with Crippen molar-refractivity contribution in [3.05, 3.63) is 0 Å². The summed E-state index contributed by atoms with van der Waals surface area (Å²) < 4.78 is 5.14. The van der Waals surface area contributed by atoms with E-state index >= 15 is 0 Å². The van der Waals surface area contributed by atoms with Crippen LogP contribution >= 0.6 is 0 Å². The molecule has 1 saturated carbocycles. The lowest BCUT2D eigenvalue weighted by atomic mass is 10.2. The molecule has 0 saturated heterocycles. The summed E-state index contributed by atoms with van der Waals surface area (Å²) >= 11 is 0. The van der Waals surface area contributed by atoms with E-state index in [0.29, 0.717) is 6.04 Å². The second-order valence-corrected chi connectivity index (χ2v) is 3.71. The highest BCUT2D eigenvalue weighted by Gasteiger charge is 2.17. The van der Waals surface area contributed by atoms with Gasteiger partial charge >= 0.3 is 0 Å². The lowest BCUT2D eigenvalue weighted by molar-refractivity contribution is 0.158. The molecule has 72 valence electrons. The Morgan fingerprint density at radius 3 is 2.58 bits per heavy atom. The average molecular weight is 171 g/mol. The van der Waals surface area contributed by atoms with Gasteiger partial charge in [0.15, 0.2) is 0 Å². The summed E-state index contributed by atoms with van der Waals surface area (Å²) in [6, 6.07) is 1.34. The van der Waals surface area contributed by atoms with Gasteiger partial charge in [-0.05, 0) is 19.3 Å². The number of nitrogens with one attached hydrogen (secondary N) is 1. The Labute approximate surface area is 75.7 Å². The molecular weight excluding hydrogens is 150 g/mol. The van der Waals surface area contributed by atoms with Crippen molar-refractivity contribution in [1.29, 1.82) is 0 Å². The van der Waals surface area contributed by atoms with E-state index in [9.17, 15) is 0 Å². The quantitative estimate of drug-likeness (QED) is 0.682. The van der Waals surface area contributed by atoms with Crippen molar-refractivity contribution in [1.82, 2.24) is 5.32 Å². The van der Waals surface area contributed by atoms with Gasteiger partial charge < -0.3 is 10.1 Å². The van der Waals surface area contributed by atoms with Crippen LogP contribution < -0.4 is 5.32 Å². The molecule has 1 fully saturated rings. The van der Waals surface area contributed by atoms with E-state index in [-0.39, 0.29) is 0 Å². The molecule has 2 nitrogen and oxygen atoms in total. The molecule has 1 atom stereocenters. The molecule has 0 amide bonds. The van der Waals surface area contributed by atoms with Gasteiger partial charge in [0.25, 0.3) is 0 Å². The Hall–Kier alpha value is -0.0800. The molecular formula is C10H21NO.